The summed E-state index contributed by atoms with van der Waals surface area (Å²) >= 11 is 0. The second kappa shape index (κ2) is 6.63. The molecule has 0 aliphatic rings. The minimum absolute atomic E-state index is 0.0778. The molecular formula is C13H18N2O4. The summed E-state index contributed by atoms with van der Waals surface area (Å²) < 4.78 is 5.13. The van der Waals surface area contributed by atoms with Crippen LogP contribution in [0.2, 0.25) is 0 Å². The Morgan fingerprint density at radius 2 is 2.11 bits per heavy atom. The van der Waals surface area contributed by atoms with Gasteiger partial charge in [0, 0.05) is 19.3 Å². The number of hydrogen-bond donors (Lipinski definition) is 2. The summed E-state index contributed by atoms with van der Waals surface area (Å²) in [5.41, 5.74) is 1.55. The van der Waals surface area contributed by atoms with Crippen molar-refractivity contribution in [1.82, 2.24) is 4.90 Å². The molecule has 1 rings (SSSR count). The molecule has 0 saturated carbocycles. The SMILES string of the molecule is COc1ccc(NC(=O)N(C)CCC(=O)O)cc1C. The third kappa shape index (κ3) is 4.50. The maximum atomic E-state index is 11.8. The summed E-state index contributed by atoms with van der Waals surface area (Å²) in [6, 6.07) is 4.95. The zero-order valence-corrected chi connectivity index (χ0v) is 11.3. The molecule has 0 atom stereocenters. The quantitative estimate of drug-likeness (QED) is 0.853. The van der Waals surface area contributed by atoms with Crippen LogP contribution in [-0.4, -0.2) is 42.7 Å². The van der Waals surface area contributed by atoms with Crippen molar-refractivity contribution in [3.05, 3.63) is 23.8 Å². The number of anilines is 1. The highest BCUT2D eigenvalue weighted by atomic mass is 16.5. The fraction of sp³-hybridized carbons (Fsp3) is 0.385. The largest absolute Gasteiger partial charge is 0.496 e. The number of urea groups is 1. The van der Waals surface area contributed by atoms with Gasteiger partial charge in [0.1, 0.15) is 5.75 Å². The highest BCUT2D eigenvalue weighted by molar-refractivity contribution is 5.89. The second-order valence-electron chi connectivity index (χ2n) is 4.18. The Bertz CT molecular complexity index is 474. The molecule has 0 spiro atoms. The number of hydrogen-bond acceptors (Lipinski definition) is 3. The number of nitrogens with zero attached hydrogens (tertiary/aromatic N) is 1. The summed E-state index contributed by atoms with van der Waals surface area (Å²) in [7, 11) is 3.13. The number of carbonyl (C=O) groups is 2. The summed E-state index contributed by atoms with van der Waals surface area (Å²) in [6.07, 6.45) is -0.0778. The van der Waals surface area contributed by atoms with E-state index in [-0.39, 0.29) is 19.0 Å². The number of methoxy groups -OCH3 is 1. The lowest BCUT2D eigenvalue weighted by molar-refractivity contribution is -0.137. The number of carboxylic acid groups (broad SMARTS) is 1. The van der Waals surface area contributed by atoms with Gasteiger partial charge in [-0.2, -0.15) is 0 Å². The lowest BCUT2D eigenvalue weighted by atomic mass is 10.2. The summed E-state index contributed by atoms with van der Waals surface area (Å²) in [5.74, 6) is -0.183. The molecule has 0 aliphatic carbocycles. The Morgan fingerprint density at radius 3 is 2.63 bits per heavy atom. The lowest BCUT2D eigenvalue weighted by Gasteiger charge is -2.17. The van der Waals surface area contributed by atoms with Gasteiger partial charge in [0.15, 0.2) is 0 Å². The smallest absolute Gasteiger partial charge is 0.321 e. The van der Waals surface area contributed by atoms with E-state index < -0.39 is 5.97 Å². The summed E-state index contributed by atoms with van der Waals surface area (Å²) in [4.78, 5) is 23.5. The van der Waals surface area contributed by atoms with Gasteiger partial charge in [0.05, 0.1) is 13.5 Å². The van der Waals surface area contributed by atoms with Crippen molar-refractivity contribution in [3.63, 3.8) is 0 Å². The van der Waals surface area contributed by atoms with Crippen molar-refractivity contribution in [2.24, 2.45) is 0 Å². The van der Waals surface area contributed by atoms with Gasteiger partial charge in [-0.05, 0) is 30.7 Å². The average Bonchev–Trinajstić information content (AvgIpc) is 2.36. The molecule has 19 heavy (non-hydrogen) atoms. The van der Waals surface area contributed by atoms with E-state index in [4.69, 9.17) is 9.84 Å². The van der Waals surface area contributed by atoms with Crippen LogP contribution >= 0.6 is 0 Å². The van der Waals surface area contributed by atoms with E-state index in [1.165, 1.54) is 4.90 Å². The van der Waals surface area contributed by atoms with Crippen LogP contribution in [0.25, 0.3) is 0 Å². The van der Waals surface area contributed by atoms with Crippen molar-refractivity contribution in [1.29, 1.82) is 0 Å². The second-order valence-corrected chi connectivity index (χ2v) is 4.18. The fourth-order valence-corrected chi connectivity index (χ4v) is 1.54. The lowest BCUT2D eigenvalue weighted by Crippen LogP contribution is -2.33. The van der Waals surface area contributed by atoms with Gasteiger partial charge in [0.25, 0.3) is 0 Å². The minimum atomic E-state index is -0.931. The first-order valence-electron chi connectivity index (χ1n) is 5.82. The summed E-state index contributed by atoms with van der Waals surface area (Å²) in [5, 5.41) is 11.3. The molecule has 104 valence electrons. The third-order valence-electron chi connectivity index (χ3n) is 2.65. The molecule has 6 heteroatoms. The van der Waals surface area contributed by atoms with Crippen molar-refractivity contribution < 1.29 is 19.4 Å². The van der Waals surface area contributed by atoms with Gasteiger partial charge in [-0.1, -0.05) is 0 Å². The van der Waals surface area contributed by atoms with E-state index in [9.17, 15) is 9.59 Å². The van der Waals surface area contributed by atoms with Gasteiger partial charge < -0.3 is 20.1 Å². The summed E-state index contributed by atoms with van der Waals surface area (Å²) in [6.45, 7) is 2.04. The van der Waals surface area contributed by atoms with Crippen molar-refractivity contribution in [2.75, 3.05) is 26.0 Å². The molecule has 0 aliphatic heterocycles. The number of carboxylic acids is 1. The monoisotopic (exact) mass is 266 g/mol. The number of ether oxygens (including phenoxy) is 1. The Labute approximate surface area is 112 Å². The van der Waals surface area contributed by atoms with Crippen LogP contribution in [-0.2, 0) is 4.79 Å². The first-order chi connectivity index (χ1) is 8.93. The molecule has 0 saturated heterocycles. The maximum Gasteiger partial charge on any atom is 0.321 e. The van der Waals surface area contributed by atoms with Gasteiger partial charge >= 0.3 is 12.0 Å². The highest BCUT2D eigenvalue weighted by Crippen LogP contribution is 2.21. The van der Waals surface area contributed by atoms with Crippen molar-refractivity contribution in [3.8, 4) is 5.75 Å². The molecule has 2 N–H and O–H groups in total. The number of aryl methyl sites for hydroxylation is 1. The molecular weight excluding hydrogens is 248 g/mol. The van der Waals surface area contributed by atoms with Crippen LogP contribution in [0.4, 0.5) is 10.5 Å². The molecule has 1 aromatic carbocycles. The molecule has 0 heterocycles. The topological polar surface area (TPSA) is 78.9 Å². The first kappa shape index (κ1) is 14.8. The standard InChI is InChI=1S/C13H18N2O4/c1-9-8-10(4-5-11(9)19-3)14-13(18)15(2)7-6-12(16)17/h4-5,8H,6-7H2,1-3H3,(H,14,18)(H,16,17). The number of nitrogens with one attached hydrogen (secondary N) is 1. The van der Waals surface area contributed by atoms with Crippen LogP contribution in [0.3, 0.4) is 0 Å². The predicted molar refractivity (Wildman–Crippen MR) is 71.6 cm³/mol. The molecule has 0 fully saturated rings. The number of rotatable bonds is 5. The zero-order valence-electron chi connectivity index (χ0n) is 11.3. The molecule has 0 aromatic heterocycles. The Balaban J connectivity index is 2.61. The first-order valence-corrected chi connectivity index (χ1v) is 5.82. The van der Waals surface area contributed by atoms with Crippen LogP contribution in [0.5, 0.6) is 5.75 Å². The van der Waals surface area contributed by atoms with Crippen molar-refractivity contribution >= 4 is 17.7 Å². The van der Waals surface area contributed by atoms with E-state index in [1.54, 1.807) is 32.4 Å². The van der Waals surface area contributed by atoms with Gasteiger partial charge in [-0.15, -0.1) is 0 Å². The van der Waals surface area contributed by atoms with Gasteiger partial charge in [0.2, 0.25) is 0 Å². The van der Waals surface area contributed by atoms with E-state index in [2.05, 4.69) is 5.32 Å². The minimum Gasteiger partial charge on any atom is -0.496 e. The number of benzene rings is 1. The molecule has 2 amide bonds. The van der Waals surface area contributed by atoms with Crippen LogP contribution < -0.4 is 10.1 Å². The van der Waals surface area contributed by atoms with E-state index >= 15 is 0 Å². The zero-order chi connectivity index (χ0) is 14.4. The molecule has 0 radical (unpaired) electrons. The number of amides is 2. The number of aliphatic carboxylic acids is 1. The van der Waals surface area contributed by atoms with Crippen LogP contribution in [0.1, 0.15) is 12.0 Å². The third-order valence-corrected chi connectivity index (χ3v) is 2.65. The van der Waals surface area contributed by atoms with Gasteiger partial charge in [-0.3, -0.25) is 4.79 Å². The molecule has 1 aromatic rings. The van der Waals surface area contributed by atoms with E-state index in [0.717, 1.165) is 11.3 Å². The fourth-order valence-electron chi connectivity index (χ4n) is 1.54. The van der Waals surface area contributed by atoms with Crippen LogP contribution in [0, 0.1) is 6.92 Å². The van der Waals surface area contributed by atoms with E-state index in [1.807, 2.05) is 6.92 Å². The molecule has 6 nitrogen and oxygen atoms in total. The van der Waals surface area contributed by atoms with Crippen molar-refractivity contribution in [2.45, 2.75) is 13.3 Å². The predicted octanol–water partition coefficient (Wildman–Crippen LogP) is 1.94. The Morgan fingerprint density at radius 1 is 1.42 bits per heavy atom. The average molecular weight is 266 g/mol. The Kier molecular flexibility index (Phi) is 5.17. The maximum absolute atomic E-state index is 11.8. The molecule has 0 unspecified atom stereocenters. The Hall–Kier alpha value is -2.24. The highest BCUT2D eigenvalue weighted by Gasteiger charge is 2.10. The van der Waals surface area contributed by atoms with E-state index in [0.29, 0.717) is 5.69 Å². The number of carbonyl (C=O) groups excluding carboxylic acids is 1. The van der Waals surface area contributed by atoms with Gasteiger partial charge in [-0.25, -0.2) is 4.79 Å². The normalized spacial score (nSPS) is 9.84. The molecule has 0 bridgehead atoms. The van der Waals surface area contributed by atoms with Crippen LogP contribution in [0.15, 0.2) is 18.2 Å².